The second kappa shape index (κ2) is 8.38. The van der Waals surface area contributed by atoms with Gasteiger partial charge in [0.15, 0.2) is 6.04 Å². The SMILES string of the molecule is COc1ccc(OC)c(CC(=O)NC(C(=O)O)c2ccc(C)c(C)c2)c1. The summed E-state index contributed by atoms with van der Waals surface area (Å²) in [5.41, 5.74) is 3.18. The van der Waals surface area contributed by atoms with Gasteiger partial charge in [-0.2, -0.15) is 0 Å². The second-order valence-electron chi connectivity index (χ2n) is 6.04. The Kier molecular flexibility index (Phi) is 6.22. The molecule has 0 fully saturated rings. The van der Waals surface area contributed by atoms with E-state index in [4.69, 9.17) is 9.47 Å². The molecular formula is C20H23NO5. The number of rotatable bonds is 7. The van der Waals surface area contributed by atoms with Crippen molar-refractivity contribution >= 4 is 11.9 Å². The number of benzene rings is 2. The summed E-state index contributed by atoms with van der Waals surface area (Å²) in [6.45, 7) is 3.85. The Morgan fingerprint density at radius 2 is 1.77 bits per heavy atom. The van der Waals surface area contributed by atoms with E-state index in [1.54, 1.807) is 30.3 Å². The Morgan fingerprint density at radius 3 is 2.35 bits per heavy atom. The van der Waals surface area contributed by atoms with E-state index in [-0.39, 0.29) is 6.42 Å². The molecule has 0 spiro atoms. The zero-order chi connectivity index (χ0) is 19.3. The molecule has 2 aromatic rings. The van der Waals surface area contributed by atoms with Crippen LogP contribution in [-0.4, -0.2) is 31.2 Å². The van der Waals surface area contributed by atoms with Gasteiger partial charge in [0.05, 0.1) is 20.6 Å². The van der Waals surface area contributed by atoms with E-state index in [2.05, 4.69) is 5.32 Å². The molecule has 0 bridgehead atoms. The fourth-order valence-electron chi connectivity index (χ4n) is 2.64. The molecular weight excluding hydrogens is 334 g/mol. The number of amides is 1. The van der Waals surface area contributed by atoms with E-state index >= 15 is 0 Å². The highest BCUT2D eigenvalue weighted by atomic mass is 16.5. The van der Waals surface area contributed by atoms with Crippen LogP contribution < -0.4 is 14.8 Å². The molecule has 6 nitrogen and oxygen atoms in total. The smallest absolute Gasteiger partial charge is 0.330 e. The summed E-state index contributed by atoms with van der Waals surface area (Å²) >= 11 is 0. The number of carbonyl (C=O) groups excluding carboxylic acids is 1. The van der Waals surface area contributed by atoms with Crippen LogP contribution in [-0.2, 0) is 16.0 Å². The number of hydrogen-bond acceptors (Lipinski definition) is 4. The quantitative estimate of drug-likeness (QED) is 0.796. The molecule has 26 heavy (non-hydrogen) atoms. The molecule has 0 aliphatic rings. The first-order valence-corrected chi connectivity index (χ1v) is 8.16. The van der Waals surface area contributed by atoms with Gasteiger partial charge >= 0.3 is 5.97 Å². The Hall–Kier alpha value is -3.02. The summed E-state index contributed by atoms with van der Waals surface area (Å²) in [5, 5.41) is 12.1. The molecule has 0 heterocycles. The highest BCUT2D eigenvalue weighted by molar-refractivity contribution is 5.86. The zero-order valence-corrected chi connectivity index (χ0v) is 15.3. The maximum absolute atomic E-state index is 12.4. The van der Waals surface area contributed by atoms with E-state index in [0.29, 0.717) is 22.6 Å². The summed E-state index contributed by atoms with van der Waals surface area (Å²) in [6, 6.07) is 9.36. The molecule has 0 aliphatic carbocycles. The Labute approximate surface area is 152 Å². The van der Waals surface area contributed by atoms with Gasteiger partial charge in [0, 0.05) is 5.56 Å². The highest BCUT2D eigenvalue weighted by Crippen LogP contribution is 2.25. The van der Waals surface area contributed by atoms with E-state index in [1.165, 1.54) is 14.2 Å². The van der Waals surface area contributed by atoms with Crippen molar-refractivity contribution in [2.75, 3.05) is 14.2 Å². The molecule has 2 aromatic carbocycles. The number of hydrogen-bond donors (Lipinski definition) is 2. The van der Waals surface area contributed by atoms with Crippen LogP contribution >= 0.6 is 0 Å². The first-order valence-electron chi connectivity index (χ1n) is 8.16. The lowest BCUT2D eigenvalue weighted by atomic mass is 10.0. The molecule has 1 amide bonds. The molecule has 0 radical (unpaired) electrons. The van der Waals surface area contributed by atoms with Gasteiger partial charge in [-0.15, -0.1) is 0 Å². The van der Waals surface area contributed by atoms with Crippen LogP contribution in [0.5, 0.6) is 11.5 Å². The van der Waals surface area contributed by atoms with Crippen molar-refractivity contribution < 1.29 is 24.2 Å². The van der Waals surface area contributed by atoms with Gasteiger partial charge in [-0.05, 0) is 48.7 Å². The second-order valence-corrected chi connectivity index (χ2v) is 6.04. The minimum atomic E-state index is -1.11. The van der Waals surface area contributed by atoms with Crippen LogP contribution in [0.25, 0.3) is 0 Å². The Morgan fingerprint density at radius 1 is 1.04 bits per heavy atom. The number of carboxylic acid groups (broad SMARTS) is 1. The van der Waals surface area contributed by atoms with Crippen molar-refractivity contribution in [3.8, 4) is 11.5 Å². The van der Waals surface area contributed by atoms with Crippen LogP contribution in [0.1, 0.15) is 28.3 Å². The molecule has 0 saturated carbocycles. The topological polar surface area (TPSA) is 84.9 Å². The standard InChI is InChI=1S/C20H23NO5/c1-12-5-6-14(9-13(12)2)19(20(23)24)21-18(22)11-15-10-16(25-3)7-8-17(15)26-4/h5-10,19H,11H2,1-4H3,(H,21,22)(H,23,24). The zero-order valence-electron chi connectivity index (χ0n) is 15.3. The third kappa shape index (κ3) is 4.53. The van der Waals surface area contributed by atoms with E-state index < -0.39 is 17.9 Å². The maximum atomic E-state index is 12.4. The van der Waals surface area contributed by atoms with Gasteiger partial charge in [0.2, 0.25) is 5.91 Å². The molecule has 0 aliphatic heterocycles. The summed E-state index contributed by atoms with van der Waals surface area (Å²) in [7, 11) is 3.05. The van der Waals surface area contributed by atoms with Crippen molar-refractivity contribution in [1.29, 1.82) is 0 Å². The molecule has 6 heteroatoms. The fraction of sp³-hybridized carbons (Fsp3) is 0.300. The van der Waals surface area contributed by atoms with Crippen molar-refractivity contribution in [2.24, 2.45) is 0 Å². The van der Waals surface area contributed by atoms with Crippen molar-refractivity contribution in [1.82, 2.24) is 5.32 Å². The highest BCUT2D eigenvalue weighted by Gasteiger charge is 2.23. The molecule has 1 unspecified atom stereocenters. The number of ether oxygens (including phenoxy) is 2. The number of aliphatic carboxylic acids is 1. The van der Waals surface area contributed by atoms with Crippen LogP contribution in [0, 0.1) is 13.8 Å². The Balaban J connectivity index is 2.21. The first kappa shape index (κ1) is 19.3. The summed E-state index contributed by atoms with van der Waals surface area (Å²) in [6.07, 6.45) is -0.0189. The van der Waals surface area contributed by atoms with Crippen LogP contribution in [0.2, 0.25) is 0 Å². The molecule has 1 atom stereocenters. The molecule has 2 N–H and O–H groups in total. The molecule has 2 rings (SSSR count). The largest absolute Gasteiger partial charge is 0.497 e. The van der Waals surface area contributed by atoms with Crippen LogP contribution in [0.15, 0.2) is 36.4 Å². The van der Waals surface area contributed by atoms with Gasteiger partial charge in [-0.25, -0.2) is 4.79 Å². The predicted octanol–water partition coefficient (Wildman–Crippen LogP) is 2.81. The van der Waals surface area contributed by atoms with Gasteiger partial charge < -0.3 is 19.9 Å². The van der Waals surface area contributed by atoms with E-state index in [1.807, 2.05) is 19.9 Å². The van der Waals surface area contributed by atoms with E-state index in [0.717, 1.165) is 11.1 Å². The first-order chi connectivity index (χ1) is 12.3. The third-order valence-electron chi connectivity index (χ3n) is 4.26. The lowest BCUT2D eigenvalue weighted by Crippen LogP contribution is -2.34. The maximum Gasteiger partial charge on any atom is 0.330 e. The van der Waals surface area contributed by atoms with Crippen molar-refractivity contribution in [2.45, 2.75) is 26.3 Å². The van der Waals surface area contributed by atoms with Gasteiger partial charge in [0.25, 0.3) is 0 Å². The van der Waals surface area contributed by atoms with Crippen LogP contribution in [0.4, 0.5) is 0 Å². The minimum Gasteiger partial charge on any atom is -0.497 e. The Bertz CT molecular complexity index is 816. The average molecular weight is 357 g/mol. The number of aryl methyl sites for hydroxylation is 2. The summed E-state index contributed by atoms with van der Waals surface area (Å²) in [4.78, 5) is 24.1. The minimum absolute atomic E-state index is 0.0189. The third-order valence-corrected chi connectivity index (χ3v) is 4.26. The van der Waals surface area contributed by atoms with Gasteiger partial charge in [0.1, 0.15) is 11.5 Å². The van der Waals surface area contributed by atoms with Gasteiger partial charge in [-0.1, -0.05) is 18.2 Å². The normalized spacial score (nSPS) is 11.5. The number of methoxy groups -OCH3 is 2. The molecule has 0 saturated heterocycles. The fourth-order valence-corrected chi connectivity index (χ4v) is 2.64. The van der Waals surface area contributed by atoms with Crippen molar-refractivity contribution in [3.05, 3.63) is 58.7 Å². The van der Waals surface area contributed by atoms with Crippen molar-refractivity contribution in [3.63, 3.8) is 0 Å². The number of nitrogens with one attached hydrogen (secondary N) is 1. The summed E-state index contributed by atoms with van der Waals surface area (Å²) < 4.78 is 10.4. The van der Waals surface area contributed by atoms with Gasteiger partial charge in [-0.3, -0.25) is 4.79 Å². The van der Waals surface area contributed by atoms with E-state index in [9.17, 15) is 14.7 Å². The lowest BCUT2D eigenvalue weighted by Gasteiger charge is -2.17. The average Bonchev–Trinajstić information content (AvgIpc) is 2.61. The summed E-state index contributed by atoms with van der Waals surface area (Å²) in [5.74, 6) is -0.391. The molecule has 0 aromatic heterocycles. The number of carboxylic acids is 1. The lowest BCUT2D eigenvalue weighted by molar-refractivity contribution is -0.142. The number of carbonyl (C=O) groups is 2. The molecule has 138 valence electrons. The monoisotopic (exact) mass is 357 g/mol. The predicted molar refractivity (Wildman–Crippen MR) is 97.7 cm³/mol. The van der Waals surface area contributed by atoms with Crippen LogP contribution in [0.3, 0.4) is 0 Å².